The zero-order valence-corrected chi connectivity index (χ0v) is 13.3. The number of ether oxygens (including phenoxy) is 1. The summed E-state index contributed by atoms with van der Waals surface area (Å²) in [6, 6.07) is -0.408. The molecule has 0 aliphatic carbocycles. The van der Waals surface area contributed by atoms with Crippen LogP contribution in [0.2, 0.25) is 0 Å². The van der Waals surface area contributed by atoms with E-state index < -0.39 is 34.0 Å². The van der Waals surface area contributed by atoms with Crippen LogP contribution in [0.15, 0.2) is 0 Å². The van der Waals surface area contributed by atoms with E-state index in [9.17, 15) is 13.2 Å². The van der Waals surface area contributed by atoms with Crippen molar-refractivity contribution in [1.82, 2.24) is 5.32 Å². The highest BCUT2D eigenvalue weighted by molar-refractivity contribution is 7.86. The quantitative estimate of drug-likeness (QED) is 0.758. The SMILES string of the molecule is CC[C@@H](NC(=O)OC(C)(C)C)[C@@H](CC)OS(C)(=O)=O. The Labute approximate surface area is 116 Å². The number of alkyl carbamates (subject to hydrolysis) is 1. The molecular formula is C12H25NO5S. The van der Waals surface area contributed by atoms with Crippen LogP contribution >= 0.6 is 0 Å². The van der Waals surface area contributed by atoms with Gasteiger partial charge in [0.1, 0.15) is 5.60 Å². The molecule has 0 heterocycles. The van der Waals surface area contributed by atoms with Gasteiger partial charge < -0.3 is 10.1 Å². The second-order valence-electron chi connectivity index (χ2n) is 5.41. The van der Waals surface area contributed by atoms with Gasteiger partial charge in [-0.1, -0.05) is 13.8 Å². The topological polar surface area (TPSA) is 81.7 Å². The summed E-state index contributed by atoms with van der Waals surface area (Å²) < 4.78 is 32.5. The third-order valence-electron chi connectivity index (χ3n) is 2.29. The fraction of sp³-hybridized carbons (Fsp3) is 0.917. The van der Waals surface area contributed by atoms with Crippen LogP contribution in [-0.2, 0) is 19.0 Å². The maximum absolute atomic E-state index is 11.7. The van der Waals surface area contributed by atoms with Crippen LogP contribution < -0.4 is 5.32 Å². The first-order valence-corrected chi connectivity index (χ1v) is 8.18. The van der Waals surface area contributed by atoms with E-state index in [4.69, 9.17) is 8.92 Å². The minimum absolute atomic E-state index is 0.408. The van der Waals surface area contributed by atoms with Crippen molar-refractivity contribution in [2.75, 3.05) is 6.26 Å². The van der Waals surface area contributed by atoms with E-state index in [1.807, 2.05) is 6.92 Å². The Morgan fingerprint density at radius 1 is 1.21 bits per heavy atom. The molecule has 0 aromatic carbocycles. The predicted molar refractivity (Wildman–Crippen MR) is 73.5 cm³/mol. The molecule has 7 heteroatoms. The molecular weight excluding hydrogens is 270 g/mol. The average molecular weight is 295 g/mol. The number of hydrogen-bond acceptors (Lipinski definition) is 5. The van der Waals surface area contributed by atoms with Crippen molar-refractivity contribution in [1.29, 1.82) is 0 Å². The standard InChI is InChI=1S/C12H25NO5S/c1-7-9(10(8-2)18-19(6,15)16)13-11(14)17-12(3,4)5/h9-10H,7-8H2,1-6H3,(H,13,14)/t9-,10-/m1/s1. The molecule has 0 aliphatic rings. The van der Waals surface area contributed by atoms with E-state index in [-0.39, 0.29) is 0 Å². The molecule has 0 aromatic heterocycles. The van der Waals surface area contributed by atoms with Gasteiger partial charge in [-0.3, -0.25) is 4.18 Å². The molecule has 0 rings (SSSR count). The number of carbonyl (C=O) groups excluding carboxylic acids is 1. The Balaban J connectivity index is 4.67. The fourth-order valence-corrected chi connectivity index (χ4v) is 2.28. The van der Waals surface area contributed by atoms with E-state index in [0.29, 0.717) is 12.8 Å². The number of carbonyl (C=O) groups is 1. The lowest BCUT2D eigenvalue weighted by molar-refractivity contribution is 0.0442. The molecule has 0 radical (unpaired) electrons. The minimum Gasteiger partial charge on any atom is -0.444 e. The summed E-state index contributed by atoms with van der Waals surface area (Å²) >= 11 is 0. The molecule has 0 spiro atoms. The van der Waals surface area contributed by atoms with Crippen LogP contribution in [0.1, 0.15) is 47.5 Å². The highest BCUT2D eigenvalue weighted by Crippen LogP contribution is 2.13. The minimum atomic E-state index is -3.55. The van der Waals surface area contributed by atoms with Gasteiger partial charge >= 0.3 is 6.09 Å². The first kappa shape index (κ1) is 18.2. The van der Waals surface area contributed by atoms with Crippen molar-refractivity contribution in [3.63, 3.8) is 0 Å². The van der Waals surface area contributed by atoms with Crippen molar-refractivity contribution >= 4 is 16.2 Å². The number of rotatable bonds is 6. The van der Waals surface area contributed by atoms with Crippen LogP contribution in [0.25, 0.3) is 0 Å². The van der Waals surface area contributed by atoms with Gasteiger partial charge in [-0.25, -0.2) is 4.79 Å². The summed E-state index contributed by atoms with van der Waals surface area (Å²) in [5.74, 6) is 0. The Hall–Kier alpha value is -0.820. The maximum Gasteiger partial charge on any atom is 0.407 e. The summed E-state index contributed by atoms with van der Waals surface area (Å²) in [6.07, 6.45) is 0.854. The van der Waals surface area contributed by atoms with Crippen LogP contribution in [0.4, 0.5) is 4.79 Å². The zero-order chi connectivity index (χ0) is 15.3. The van der Waals surface area contributed by atoms with E-state index >= 15 is 0 Å². The van der Waals surface area contributed by atoms with Gasteiger partial charge in [0.15, 0.2) is 0 Å². The molecule has 0 unspecified atom stereocenters. The number of hydrogen-bond donors (Lipinski definition) is 1. The summed E-state index contributed by atoms with van der Waals surface area (Å²) in [4.78, 5) is 11.7. The zero-order valence-electron chi connectivity index (χ0n) is 12.5. The van der Waals surface area contributed by atoms with Crippen molar-refractivity contribution < 1.29 is 22.1 Å². The van der Waals surface area contributed by atoms with Crippen molar-refractivity contribution in [2.45, 2.75) is 65.2 Å². The van der Waals surface area contributed by atoms with Crippen molar-refractivity contribution in [3.8, 4) is 0 Å². The van der Waals surface area contributed by atoms with Crippen LogP contribution in [0.5, 0.6) is 0 Å². The van der Waals surface area contributed by atoms with Crippen LogP contribution in [0.3, 0.4) is 0 Å². The average Bonchev–Trinajstić information content (AvgIpc) is 2.19. The Morgan fingerprint density at radius 2 is 1.74 bits per heavy atom. The third-order valence-corrected chi connectivity index (χ3v) is 2.89. The summed E-state index contributed by atoms with van der Waals surface area (Å²) in [7, 11) is -3.55. The molecule has 0 aliphatic heterocycles. The lowest BCUT2D eigenvalue weighted by Crippen LogP contribution is -2.46. The fourth-order valence-electron chi connectivity index (χ4n) is 1.56. The lowest BCUT2D eigenvalue weighted by Gasteiger charge is -2.27. The molecule has 0 fully saturated rings. The molecule has 114 valence electrons. The smallest absolute Gasteiger partial charge is 0.407 e. The van der Waals surface area contributed by atoms with E-state index in [2.05, 4.69) is 5.32 Å². The highest BCUT2D eigenvalue weighted by atomic mass is 32.2. The summed E-state index contributed by atoms with van der Waals surface area (Å²) in [6.45, 7) is 8.93. The number of amides is 1. The second-order valence-corrected chi connectivity index (χ2v) is 7.01. The first-order chi connectivity index (χ1) is 8.48. The summed E-state index contributed by atoms with van der Waals surface area (Å²) in [5, 5.41) is 2.65. The van der Waals surface area contributed by atoms with Crippen LogP contribution in [0, 0.1) is 0 Å². The van der Waals surface area contributed by atoms with Crippen LogP contribution in [-0.4, -0.2) is 38.5 Å². The lowest BCUT2D eigenvalue weighted by atomic mass is 10.1. The Bertz CT molecular complexity index is 385. The second kappa shape index (κ2) is 7.09. The molecule has 0 saturated heterocycles. The predicted octanol–water partition coefficient (Wildman–Crippen LogP) is 2.04. The van der Waals surface area contributed by atoms with Crippen molar-refractivity contribution in [2.24, 2.45) is 0 Å². The van der Waals surface area contributed by atoms with Gasteiger partial charge in [-0.2, -0.15) is 8.42 Å². The van der Waals surface area contributed by atoms with E-state index in [1.165, 1.54) is 0 Å². The molecule has 6 nitrogen and oxygen atoms in total. The van der Waals surface area contributed by atoms with Gasteiger partial charge in [0.25, 0.3) is 10.1 Å². The highest BCUT2D eigenvalue weighted by Gasteiger charge is 2.26. The third kappa shape index (κ3) is 8.83. The molecule has 2 atom stereocenters. The summed E-state index contributed by atoms with van der Waals surface area (Å²) in [5.41, 5.74) is -0.595. The van der Waals surface area contributed by atoms with Gasteiger partial charge in [-0.05, 0) is 33.6 Å². The monoisotopic (exact) mass is 295 g/mol. The largest absolute Gasteiger partial charge is 0.444 e. The van der Waals surface area contributed by atoms with Crippen molar-refractivity contribution in [3.05, 3.63) is 0 Å². The van der Waals surface area contributed by atoms with E-state index in [0.717, 1.165) is 6.26 Å². The van der Waals surface area contributed by atoms with Gasteiger partial charge in [0.2, 0.25) is 0 Å². The van der Waals surface area contributed by atoms with E-state index in [1.54, 1.807) is 27.7 Å². The normalized spacial score (nSPS) is 15.7. The molecule has 0 aromatic rings. The van der Waals surface area contributed by atoms with Gasteiger partial charge in [0, 0.05) is 0 Å². The first-order valence-electron chi connectivity index (χ1n) is 6.36. The molecule has 1 amide bonds. The molecule has 19 heavy (non-hydrogen) atoms. The maximum atomic E-state index is 11.7. The van der Waals surface area contributed by atoms with Gasteiger partial charge in [-0.15, -0.1) is 0 Å². The Morgan fingerprint density at radius 3 is 2.05 bits per heavy atom. The molecule has 0 saturated carbocycles. The number of nitrogens with one attached hydrogen (secondary N) is 1. The Kier molecular flexibility index (Phi) is 6.79. The molecule has 0 bridgehead atoms. The molecule has 1 N–H and O–H groups in total. The van der Waals surface area contributed by atoms with Gasteiger partial charge in [0.05, 0.1) is 18.4 Å².